The Balaban J connectivity index is 1.59. The molecule has 4 aromatic heterocycles. The van der Waals surface area contributed by atoms with Crippen LogP contribution in [0.5, 0.6) is 0 Å². The van der Waals surface area contributed by atoms with E-state index >= 15 is 0 Å². The van der Waals surface area contributed by atoms with Crippen molar-refractivity contribution in [2.24, 2.45) is 5.92 Å². The summed E-state index contributed by atoms with van der Waals surface area (Å²) in [5, 5.41) is 0. The maximum absolute atomic E-state index is 13.3. The Hall–Kier alpha value is -2.89. The molecule has 5 rings (SSSR count). The second-order valence-electron chi connectivity index (χ2n) is 8.55. The van der Waals surface area contributed by atoms with Gasteiger partial charge >= 0.3 is 5.69 Å². The van der Waals surface area contributed by atoms with E-state index in [0.717, 1.165) is 48.1 Å². The molecule has 0 atom stereocenters. The lowest BCUT2D eigenvalue weighted by Crippen LogP contribution is -2.24. The zero-order valence-electron chi connectivity index (χ0n) is 17.1. The second-order valence-corrected chi connectivity index (χ2v) is 8.55. The molecule has 6 heteroatoms. The van der Waals surface area contributed by atoms with E-state index < -0.39 is 0 Å². The van der Waals surface area contributed by atoms with Gasteiger partial charge in [0, 0.05) is 24.1 Å². The number of hydrogen-bond donors (Lipinski definition) is 0. The molecule has 0 aliphatic heterocycles. The van der Waals surface area contributed by atoms with Crippen LogP contribution in [0.4, 0.5) is 0 Å². The largest absolute Gasteiger partial charge is 0.329 e. The standard InChI is InChI=1S/C23H27N5O/c1-16(2)6-5-7-19-18(25-22-8-3-4-13-26(19)22)15-27-21-14-24-12-11-20(21)28(23(27)29)17-9-10-17/h3-4,8,11-14,16-17H,5-7,9-10,15H2,1-2H3. The number of nitrogens with zero attached hydrogens (tertiary/aromatic N) is 5. The van der Waals surface area contributed by atoms with E-state index in [9.17, 15) is 4.79 Å². The second kappa shape index (κ2) is 7.17. The molecule has 0 unspecified atom stereocenters. The van der Waals surface area contributed by atoms with Crippen molar-refractivity contribution < 1.29 is 0 Å². The molecule has 1 aliphatic rings. The molecule has 0 spiro atoms. The quantitative estimate of drug-likeness (QED) is 0.476. The fourth-order valence-corrected chi connectivity index (χ4v) is 4.28. The fourth-order valence-electron chi connectivity index (χ4n) is 4.28. The molecule has 0 bridgehead atoms. The molecular weight excluding hydrogens is 362 g/mol. The van der Waals surface area contributed by atoms with E-state index in [-0.39, 0.29) is 5.69 Å². The molecule has 1 aliphatic carbocycles. The van der Waals surface area contributed by atoms with Crippen molar-refractivity contribution in [3.63, 3.8) is 0 Å². The molecule has 29 heavy (non-hydrogen) atoms. The van der Waals surface area contributed by atoms with E-state index in [1.807, 2.05) is 39.6 Å². The molecular formula is C23H27N5O. The van der Waals surface area contributed by atoms with Gasteiger partial charge in [0.2, 0.25) is 0 Å². The maximum Gasteiger partial charge on any atom is 0.329 e. The van der Waals surface area contributed by atoms with Crippen LogP contribution in [0.15, 0.2) is 47.7 Å². The van der Waals surface area contributed by atoms with Gasteiger partial charge in [-0.3, -0.25) is 14.1 Å². The van der Waals surface area contributed by atoms with Crippen LogP contribution >= 0.6 is 0 Å². The first-order valence-corrected chi connectivity index (χ1v) is 10.6. The Morgan fingerprint density at radius 3 is 2.83 bits per heavy atom. The van der Waals surface area contributed by atoms with Crippen LogP contribution in [-0.2, 0) is 13.0 Å². The number of pyridine rings is 2. The zero-order chi connectivity index (χ0) is 20.0. The lowest BCUT2D eigenvalue weighted by atomic mass is 10.0. The van der Waals surface area contributed by atoms with Gasteiger partial charge in [-0.05, 0) is 49.8 Å². The van der Waals surface area contributed by atoms with Crippen LogP contribution in [0, 0.1) is 5.92 Å². The summed E-state index contributed by atoms with van der Waals surface area (Å²) in [4.78, 5) is 22.4. The number of aromatic nitrogens is 5. The number of imidazole rings is 2. The minimum absolute atomic E-state index is 0.0562. The van der Waals surface area contributed by atoms with Gasteiger partial charge in [0.05, 0.1) is 29.5 Å². The highest BCUT2D eigenvalue weighted by Gasteiger charge is 2.29. The molecule has 4 heterocycles. The highest BCUT2D eigenvalue weighted by Crippen LogP contribution is 2.36. The fraction of sp³-hybridized carbons (Fsp3) is 0.435. The molecule has 0 amide bonds. The summed E-state index contributed by atoms with van der Waals surface area (Å²) in [5.74, 6) is 0.683. The minimum Gasteiger partial charge on any atom is -0.304 e. The highest BCUT2D eigenvalue weighted by molar-refractivity contribution is 5.75. The molecule has 0 radical (unpaired) electrons. The summed E-state index contributed by atoms with van der Waals surface area (Å²) in [6.45, 7) is 5.00. The van der Waals surface area contributed by atoms with E-state index in [2.05, 4.69) is 29.4 Å². The topological polar surface area (TPSA) is 57.1 Å². The summed E-state index contributed by atoms with van der Waals surface area (Å²) >= 11 is 0. The van der Waals surface area contributed by atoms with Gasteiger partial charge < -0.3 is 4.40 Å². The smallest absolute Gasteiger partial charge is 0.304 e. The third-order valence-corrected chi connectivity index (χ3v) is 5.89. The molecule has 6 nitrogen and oxygen atoms in total. The molecule has 0 saturated heterocycles. The van der Waals surface area contributed by atoms with Crippen LogP contribution < -0.4 is 5.69 Å². The third-order valence-electron chi connectivity index (χ3n) is 5.89. The van der Waals surface area contributed by atoms with E-state index in [0.29, 0.717) is 18.5 Å². The summed E-state index contributed by atoms with van der Waals surface area (Å²) < 4.78 is 5.98. The molecule has 0 aromatic carbocycles. The van der Waals surface area contributed by atoms with Gasteiger partial charge in [-0.25, -0.2) is 9.78 Å². The zero-order valence-corrected chi connectivity index (χ0v) is 17.1. The number of hydrogen-bond acceptors (Lipinski definition) is 3. The summed E-state index contributed by atoms with van der Waals surface area (Å²) in [7, 11) is 0. The highest BCUT2D eigenvalue weighted by atomic mass is 16.1. The van der Waals surface area contributed by atoms with Crippen LogP contribution in [0.1, 0.15) is 57.0 Å². The van der Waals surface area contributed by atoms with Crippen molar-refractivity contribution in [1.82, 2.24) is 23.5 Å². The lowest BCUT2D eigenvalue weighted by Gasteiger charge is -2.08. The van der Waals surface area contributed by atoms with Gasteiger partial charge in [-0.15, -0.1) is 0 Å². The van der Waals surface area contributed by atoms with Crippen molar-refractivity contribution in [2.75, 3.05) is 0 Å². The van der Waals surface area contributed by atoms with Gasteiger partial charge in [0.25, 0.3) is 0 Å². The van der Waals surface area contributed by atoms with Crippen LogP contribution in [0.3, 0.4) is 0 Å². The number of fused-ring (bicyclic) bond motifs is 2. The van der Waals surface area contributed by atoms with Crippen LogP contribution in [-0.4, -0.2) is 23.5 Å². The average Bonchev–Trinajstić information content (AvgIpc) is 3.43. The van der Waals surface area contributed by atoms with Gasteiger partial charge in [-0.1, -0.05) is 26.3 Å². The number of rotatable bonds is 7. The monoisotopic (exact) mass is 389 g/mol. The minimum atomic E-state index is 0.0562. The average molecular weight is 390 g/mol. The number of aryl methyl sites for hydroxylation is 1. The molecule has 150 valence electrons. The summed E-state index contributed by atoms with van der Waals surface area (Å²) in [6, 6.07) is 8.38. The first-order chi connectivity index (χ1) is 14.1. The summed E-state index contributed by atoms with van der Waals surface area (Å²) in [5.41, 5.74) is 5.08. The molecule has 1 saturated carbocycles. The third kappa shape index (κ3) is 3.26. The Morgan fingerprint density at radius 1 is 1.17 bits per heavy atom. The van der Waals surface area contributed by atoms with Crippen LogP contribution in [0.2, 0.25) is 0 Å². The Kier molecular flexibility index (Phi) is 4.49. The van der Waals surface area contributed by atoms with Crippen molar-refractivity contribution >= 4 is 16.7 Å². The van der Waals surface area contributed by atoms with Gasteiger partial charge in [0.1, 0.15) is 5.65 Å². The first-order valence-electron chi connectivity index (χ1n) is 10.6. The lowest BCUT2D eigenvalue weighted by molar-refractivity contribution is 0.550. The van der Waals surface area contributed by atoms with E-state index in [4.69, 9.17) is 4.98 Å². The molecule has 4 aromatic rings. The Labute approximate surface area is 169 Å². The van der Waals surface area contributed by atoms with E-state index in [1.165, 1.54) is 12.1 Å². The Bertz CT molecular complexity index is 1230. The van der Waals surface area contributed by atoms with Crippen molar-refractivity contribution in [2.45, 2.75) is 58.5 Å². The Morgan fingerprint density at radius 2 is 2.03 bits per heavy atom. The van der Waals surface area contributed by atoms with Crippen molar-refractivity contribution in [3.05, 3.63) is 64.7 Å². The maximum atomic E-state index is 13.3. The summed E-state index contributed by atoms with van der Waals surface area (Å²) in [6.07, 6.45) is 11.1. The van der Waals surface area contributed by atoms with Crippen LogP contribution in [0.25, 0.3) is 16.7 Å². The SMILES string of the molecule is CC(C)CCCc1c(Cn2c(=O)n(C3CC3)c3ccncc32)nc2ccccn12. The molecule has 0 N–H and O–H groups in total. The van der Waals surface area contributed by atoms with Gasteiger partial charge in [-0.2, -0.15) is 0 Å². The first kappa shape index (κ1) is 18.2. The molecule has 1 fully saturated rings. The van der Waals surface area contributed by atoms with Gasteiger partial charge in [0.15, 0.2) is 0 Å². The predicted molar refractivity (Wildman–Crippen MR) is 114 cm³/mol. The van der Waals surface area contributed by atoms with E-state index in [1.54, 1.807) is 6.20 Å². The normalized spacial score (nSPS) is 14.4. The predicted octanol–water partition coefficient (Wildman–Crippen LogP) is 4.21. The van der Waals surface area contributed by atoms with Crippen molar-refractivity contribution in [1.29, 1.82) is 0 Å². The van der Waals surface area contributed by atoms with Crippen molar-refractivity contribution in [3.8, 4) is 0 Å².